The van der Waals surface area contributed by atoms with E-state index >= 15 is 0 Å². The third kappa shape index (κ3) is 3.58. The molecule has 0 bridgehead atoms. The third-order valence-corrected chi connectivity index (χ3v) is 4.90. The molecule has 2 aliphatic heterocycles. The summed E-state index contributed by atoms with van der Waals surface area (Å²) in [6, 6.07) is 0.403. The molecule has 2 heterocycles. The maximum absolute atomic E-state index is 9.76. The highest BCUT2D eigenvalue weighted by Gasteiger charge is 2.40. The Balaban J connectivity index is 1.81. The zero-order chi connectivity index (χ0) is 12.4. The first-order valence-electron chi connectivity index (χ1n) is 6.34. The Morgan fingerprint density at radius 1 is 1.59 bits per heavy atom. The van der Waals surface area contributed by atoms with E-state index in [-0.39, 0.29) is 12.2 Å². The number of nitrogens with one attached hydrogen (secondary N) is 1. The Hall–Kier alpha value is 0.190. The van der Waals surface area contributed by atoms with Crippen LogP contribution in [0.4, 0.5) is 0 Å². The van der Waals surface area contributed by atoms with Gasteiger partial charge in [-0.15, -0.1) is 0 Å². The molecule has 2 aliphatic rings. The fourth-order valence-corrected chi connectivity index (χ4v) is 3.86. The fourth-order valence-electron chi connectivity index (χ4n) is 2.49. The monoisotopic (exact) mass is 261 g/mol. The molecule has 2 fully saturated rings. The molecule has 0 radical (unpaired) electrons. The lowest BCUT2D eigenvalue weighted by Crippen LogP contribution is -2.51. The summed E-state index contributed by atoms with van der Waals surface area (Å²) in [4.78, 5) is 0. The van der Waals surface area contributed by atoms with Crippen molar-refractivity contribution in [3.8, 4) is 0 Å². The largest absolute Gasteiger partial charge is 0.393 e. The van der Waals surface area contributed by atoms with Crippen LogP contribution in [0.15, 0.2) is 0 Å². The first-order valence-corrected chi connectivity index (χ1v) is 7.49. The Morgan fingerprint density at radius 3 is 3.06 bits per heavy atom. The van der Waals surface area contributed by atoms with Crippen LogP contribution < -0.4 is 5.32 Å². The average molecular weight is 261 g/mol. The molecule has 0 aliphatic carbocycles. The number of aliphatic hydroxyl groups is 2. The minimum atomic E-state index is -1.02. The highest BCUT2D eigenvalue weighted by atomic mass is 32.2. The van der Waals surface area contributed by atoms with Crippen molar-refractivity contribution < 1.29 is 14.9 Å². The lowest BCUT2D eigenvalue weighted by Gasteiger charge is -2.39. The van der Waals surface area contributed by atoms with Crippen LogP contribution in [-0.2, 0) is 4.74 Å². The summed E-state index contributed by atoms with van der Waals surface area (Å²) < 4.78 is 5.94. The van der Waals surface area contributed by atoms with Crippen molar-refractivity contribution in [2.45, 2.75) is 43.4 Å². The van der Waals surface area contributed by atoms with Gasteiger partial charge in [0, 0.05) is 24.9 Å². The summed E-state index contributed by atoms with van der Waals surface area (Å²) in [7, 11) is 0. The number of rotatable bonds is 4. The molecule has 0 aromatic heterocycles. The van der Waals surface area contributed by atoms with Crippen molar-refractivity contribution in [1.82, 2.24) is 5.32 Å². The van der Waals surface area contributed by atoms with E-state index < -0.39 is 5.60 Å². The Bertz CT molecular complexity index is 254. The van der Waals surface area contributed by atoms with Gasteiger partial charge in [0.1, 0.15) is 0 Å². The molecular formula is C12H23NO3S. The number of ether oxygens (including phenoxy) is 1. The molecular weight excluding hydrogens is 238 g/mol. The molecule has 17 heavy (non-hydrogen) atoms. The van der Waals surface area contributed by atoms with E-state index in [1.165, 1.54) is 5.75 Å². The quantitative estimate of drug-likeness (QED) is 0.683. The van der Waals surface area contributed by atoms with Gasteiger partial charge in [-0.2, -0.15) is 11.8 Å². The first kappa shape index (κ1) is 13.6. The third-order valence-electron chi connectivity index (χ3n) is 3.67. The first-order chi connectivity index (χ1) is 8.05. The van der Waals surface area contributed by atoms with Crippen molar-refractivity contribution in [2.24, 2.45) is 0 Å². The minimum absolute atomic E-state index is 0.0751. The Labute approximate surface area is 107 Å². The zero-order valence-electron chi connectivity index (χ0n) is 10.4. The highest BCUT2D eigenvalue weighted by molar-refractivity contribution is 7.99. The van der Waals surface area contributed by atoms with Crippen molar-refractivity contribution in [3.05, 3.63) is 0 Å². The number of hydrogen-bond donors (Lipinski definition) is 3. The second-order valence-electron chi connectivity index (χ2n) is 5.56. The van der Waals surface area contributed by atoms with Gasteiger partial charge in [-0.3, -0.25) is 0 Å². The van der Waals surface area contributed by atoms with Crippen molar-refractivity contribution in [2.75, 3.05) is 31.3 Å². The summed E-state index contributed by atoms with van der Waals surface area (Å²) in [5.74, 6) is 2.29. The molecule has 3 atom stereocenters. The van der Waals surface area contributed by atoms with E-state index in [1.807, 2.05) is 11.8 Å². The second kappa shape index (κ2) is 5.45. The average Bonchev–Trinajstić information content (AvgIpc) is 2.75. The van der Waals surface area contributed by atoms with E-state index in [4.69, 9.17) is 9.84 Å². The lowest BCUT2D eigenvalue weighted by atomic mass is 9.89. The lowest BCUT2D eigenvalue weighted by molar-refractivity contribution is -0.0742. The van der Waals surface area contributed by atoms with Gasteiger partial charge in [-0.1, -0.05) is 0 Å². The molecule has 3 unspecified atom stereocenters. The number of thioether (sulfide) groups is 1. The number of hydrogen-bond acceptors (Lipinski definition) is 5. The molecule has 1 spiro atoms. The fraction of sp³-hybridized carbons (Fsp3) is 1.00. The van der Waals surface area contributed by atoms with Crippen molar-refractivity contribution in [1.29, 1.82) is 0 Å². The van der Waals surface area contributed by atoms with E-state index in [9.17, 15) is 5.11 Å². The van der Waals surface area contributed by atoms with Gasteiger partial charge in [-0.05, 0) is 31.9 Å². The van der Waals surface area contributed by atoms with E-state index in [0.29, 0.717) is 12.6 Å². The topological polar surface area (TPSA) is 61.7 Å². The van der Waals surface area contributed by atoms with Gasteiger partial charge in [0.05, 0.1) is 17.8 Å². The maximum Gasteiger partial charge on any atom is 0.0972 e. The van der Waals surface area contributed by atoms with Crippen LogP contribution in [0.2, 0.25) is 0 Å². The molecule has 0 saturated carbocycles. The summed E-state index contributed by atoms with van der Waals surface area (Å²) in [5, 5.41) is 22.1. The summed E-state index contributed by atoms with van der Waals surface area (Å²) >= 11 is 1.97. The Morgan fingerprint density at radius 2 is 2.41 bits per heavy atom. The Kier molecular flexibility index (Phi) is 4.36. The molecule has 3 N–H and O–H groups in total. The molecule has 100 valence electrons. The van der Waals surface area contributed by atoms with Gasteiger partial charge < -0.3 is 20.3 Å². The van der Waals surface area contributed by atoms with Crippen LogP contribution in [0.1, 0.15) is 26.2 Å². The molecule has 0 aromatic carbocycles. The zero-order valence-corrected chi connectivity index (χ0v) is 11.3. The van der Waals surface area contributed by atoms with Crippen LogP contribution >= 0.6 is 11.8 Å². The van der Waals surface area contributed by atoms with Gasteiger partial charge in [0.25, 0.3) is 0 Å². The van der Waals surface area contributed by atoms with Crippen LogP contribution in [0, 0.1) is 0 Å². The SMILES string of the molecule is CC(O)(CO)CNC1CCOC2(CCSC2)C1. The van der Waals surface area contributed by atoms with E-state index in [0.717, 1.165) is 31.6 Å². The highest BCUT2D eigenvalue weighted by Crippen LogP contribution is 2.38. The van der Waals surface area contributed by atoms with Gasteiger partial charge in [-0.25, -0.2) is 0 Å². The molecule has 2 rings (SSSR count). The summed E-state index contributed by atoms with van der Waals surface area (Å²) in [5.41, 5.74) is -0.943. The van der Waals surface area contributed by atoms with Gasteiger partial charge in [0.15, 0.2) is 0 Å². The normalized spacial score (nSPS) is 37.2. The van der Waals surface area contributed by atoms with Crippen molar-refractivity contribution >= 4 is 11.8 Å². The predicted octanol–water partition coefficient (Wildman–Crippen LogP) is 0.374. The van der Waals surface area contributed by atoms with Gasteiger partial charge >= 0.3 is 0 Å². The van der Waals surface area contributed by atoms with Crippen LogP contribution in [0.5, 0.6) is 0 Å². The molecule has 0 aromatic rings. The van der Waals surface area contributed by atoms with Crippen LogP contribution in [0.25, 0.3) is 0 Å². The standard InChI is InChI=1S/C12H23NO3S/c1-11(15,8-14)7-13-10-2-4-16-12(6-10)3-5-17-9-12/h10,13-15H,2-9H2,1H3. The van der Waals surface area contributed by atoms with Gasteiger partial charge in [0.2, 0.25) is 0 Å². The number of aliphatic hydroxyl groups excluding tert-OH is 1. The minimum Gasteiger partial charge on any atom is -0.393 e. The van der Waals surface area contributed by atoms with E-state index in [1.54, 1.807) is 6.92 Å². The molecule has 4 nitrogen and oxygen atoms in total. The van der Waals surface area contributed by atoms with Crippen molar-refractivity contribution in [3.63, 3.8) is 0 Å². The molecule has 5 heteroatoms. The van der Waals surface area contributed by atoms with E-state index in [2.05, 4.69) is 5.32 Å². The summed E-state index contributed by atoms with van der Waals surface area (Å²) in [6.07, 6.45) is 3.17. The van der Waals surface area contributed by atoms with Crippen LogP contribution in [-0.4, -0.2) is 58.7 Å². The molecule has 0 amide bonds. The summed E-state index contributed by atoms with van der Waals surface area (Å²) in [6.45, 7) is 2.70. The molecule has 2 saturated heterocycles. The second-order valence-corrected chi connectivity index (χ2v) is 6.66. The predicted molar refractivity (Wildman–Crippen MR) is 69.4 cm³/mol. The smallest absolute Gasteiger partial charge is 0.0972 e. The van der Waals surface area contributed by atoms with Crippen LogP contribution in [0.3, 0.4) is 0 Å². The maximum atomic E-state index is 9.76.